The Balaban J connectivity index is 1.34. The van der Waals surface area contributed by atoms with Crippen LogP contribution in [0.25, 0.3) is 11.1 Å². The third-order valence-corrected chi connectivity index (χ3v) is 12.8. The minimum atomic E-state index is -2.98. The van der Waals surface area contributed by atoms with Crippen LogP contribution >= 0.6 is 0 Å². The van der Waals surface area contributed by atoms with Crippen molar-refractivity contribution in [3.63, 3.8) is 0 Å². The van der Waals surface area contributed by atoms with Crippen molar-refractivity contribution in [2.45, 2.75) is 37.8 Å². The molecule has 0 saturated carbocycles. The molecule has 7 heteroatoms. The minimum absolute atomic E-state index is 0.0990. The maximum Gasteiger partial charge on any atom is 0.407 e. The maximum atomic E-state index is 13.0. The van der Waals surface area contributed by atoms with Crippen LogP contribution in [-0.2, 0) is 14.0 Å². The van der Waals surface area contributed by atoms with Crippen LogP contribution < -0.4 is 15.7 Å². The van der Waals surface area contributed by atoms with Crippen LogP contribution in [0.3, 0.4) is 0 Å². The summed E-state index contributed by atoms with van der Waals surface area (Å²) >= 11 is 0. The van der Waals surface area contributed by atoms with E-state index in [4.69, 9.17) is 9.16 Å². The Labute approximate surface area is 242 Å². The first-order valence-electron chi connectivity index (χ1n) is 13.8. The molecule has 1 atom stereocenters. The zero-order valence-electron chi connectivity index (χ0n) is 23.5. The lowest BCUT2D eigenvalue weighted by atomic mass is 9.98. The number of alkyl carbamates (subject to hydrolysis) is 1. The third-order valence-electron chi connectivity index (χ3n) is 7.82. The van der Waals surface area contributed by atoms with Gasteiger partial charge in [0.1, 0.15) is 6.61 Å². The first kappa shape index (κ1) is 28.3. The van der Waals surface area contributed by atoms with Crippen LogP contribution in [0.2, 0.25) is 5.04 Å². The zero-order valence-corrected chi connectivity index (χ0v) is 24.5. The number of hydrogen-bond acceptors (Lipinski definition) is 4. The molecular weight excluding hydrogens is 530 g/mol. The molecule has 5 rings (SSSR count). The van der Waals surface area contributed by atoms with Gasteiger partial charge in [-0.2, -0.15) is 0 Å². The van der Waals surface area contributed by atoms with E-state index in [1.807, 2.05) is 97.1 Å². The van der Waals surface area contributed by atoms with Gasteiger partial charge in [0.2, 0.25) is 0 Å². The summed E-state index contributed by atoms with van der Waals surface area (Å²) in [6.45, 7) is 6.25. The number of rotatable bonds is 9. The highest BCUT2D eigenvalue weighted by Crippen LogP contribution is 2.44. The summed E-state index contributed by atoms with van der Waals surface area (Å²) in [6, 6.07) is 34.8. The monoisotopic (exact) mass is 565 g/mol. The molecule has 0 aromatic heterocycles. The second-order valence-electron chi connectivity index (χ2n) is 11.3. The number of carbonyl (C=O) groups is 2. The van der Waals surface area contributed by atoms with Crippen molar-refractivity contribution in [2.75, 3.05) is 13.2 Å². The average Bonchev–Trinajstić information content (AvgIpc) is 3.29. The van der Waals surface area contributed by atoms with Gasteiger partial charge in [-0.1, -0.05) is 130 Å². The summed E-state index contributed by atoms with van der Waals surface area (Å²) in [5.41, 5.74) is 4.43. The van der Waals surface area contributed by atoms with Crippen molar-refractivity contribution in [1.82, 2.24) is 5.32 Å². The summed E-state index contributed by atoms with van der Waals surface area (Å²) in [7, 11) is -2.98. The number of ether oxygens (including phenoxy) is 1. The fraction of sp³-hybridized carbons (Fsp3) is 0.235. The van der Waals surface area contributed by atoms with Crippen LogP contribution in [0.4, 0.5) is 4.79 Å². The molecule has 41 heavy (non-hydrogen) atoms. The molecule has 0 spiro atoms. The molecule has 0 radical (unpaired) electrons. The van der Waals surface area contributed by atoms with Crippen LogP contribution in [0.1, 0.15) is 37.8 Å². The molecule has 1 aliphatic rings. The molecule has 2 N–H and O–H groups in total. The predicted octanol–water partition coefficient (Wildman–Crippen LogP) is 5.55. The molecule has 0 saturated heterocycles. The van der Waals surface area contributed by atoms with Crippen molar-refractivity contribution >= 4 is 30.8 Å². The van der Waals surface area contributed by atoms with Crippen molar-refractivity contribution in [2.24, 2.45) is 0 Å². The molecule has 1 aliphatic carbocycles. The Morgan fingerprint density at radius 2 is 1.24 bits per heavy atom. The van der Waals surface area contributed by atoms with Gasteiger partial charge in [0.25, 0.3) is 8.32 Å². The highest BCUT2D eigenvalue weighted by molar-refractivity contribution is 6.99. The number of carboxylic acids is 1. The van der Waals surface area contributed by atoms with Crippen molar-refractivity contribution in [1.29, 1.82) is 0 Å². The Morgan fingerprint density at radius 1 is 0.780 bits per heavy atom. The first-order valence-corrected chi connectivity index (χ1v) is 15.7. The Hall–Kier alpha value is -4.20. The zero-order chi connectivity index (χ0) is 29.0. The molecule has 0 heterocycles. The number of amides is 1. The molecule has 1 unspecified atom stereocenters. The van der Waals surface area contributed by atoms with E-state index in [0.29, 0.717) is 0 Å². The smallest absolute Gasteiger partial charge is 0.407 e. The summed E-state index contributed by atoms with van der Waals surface area (Å²) in [5.74, 6) is -1.30. The largest absolute Gasteiger partial charge is 0.480 e. The molecule has 0 fully saturated rings. The van der Waals surface area contributed by atoms with Gasteiger partial charge in [0, 0.05) is 5.92 Å². The van der Waals surface area contributed by atoms with Gasteiger partial charge in [-0.05, 0) is 37.7 Å². The number of hydrogen-bond donors (Lipinski definition) is 2. The van der Waals surface area contributed by atoms with Gasteiger partial charge in [-0.15, -0.1) is 0 Å². The van der Waals surface area contributed by atoms with Gasteiger partial charge >= 0.3 is 12.1 Å². The van der Waals surface area contributed by atoms with Gasteiger partial charge in [-0.25, -0.2) is 9.59 Å². The summed E-state index contributed by atoms with van der Waals surface area (Å²) < 4.78 is 12.4. The van der Waals surface area contributed by atoms with Gasteiger partial charge in [-0.3, -0.25) is 0 Å². The second-order valence-corrected chi connectivity index (χ2v) is 15.6. The Morgan fingerprint density at radius 3 is 1.71 bits per heavy atom. The lowest BCUT2D eigenvalue weighted by Crippen LogP contribution is -2.67. The topological polar surface area (TPSA) is 84.9 Å². The molecule has 210 valence electrons. The van der Waals surface area contributed by atoms with Crippen molar-refractivity contribution < 1.29 is 23.9 Å². The normalized spacial score (nSPS) is 13.6. The lowest BCUT2D eigenvalue weighted by molar-refractivity contribution is -0.140. The number of benzene rings is 4. The maximum absolute atomic E-state index is 13.0. The van der Waals surface area contributed by atoms with E-state index in [1.54, 1.807) is 0 Å². The number of carboxylic acid groups (broad SMARTS) is 1. The minimum Gasteiger partial charge on any atom is -0.480 e. The molecule has 0 bridgehead atoms. The number of fused-ring (bicyclic) bond motifs is 3. The van der Waals surface area contributed by atoms with Crippen LogP contribution in [0.5, 0.6) is 0 Å². The number of aliphatic carboxylic acids is 1. The van der Waals surface area contributed by atoms with Crippen LogP contribution in [0.15, 0.2) is 109 Å². The quantitative estimate of drug-likeness (QED) is 0.260. The Bertz CT molecular complexity index is 1430. The van der Waals surface area contributed by atoms with Crippen molar-refractivity contribution in [3.8, 4) is 11.1 Å². The molecule has 1 amide bonds. The van der Waals surface area contributed by atoms with Gasteiger partial charge < -0.3 is 19.6 Å². The summed E-state index contributed by atoms with van der Waals surface area (Å²) in [5, 5.41) is 14.4. The number of carbonyl (C=O) groups excluding carboxylic acids is 1. The van der Waals surface area contributed by atoms with Crippen molar-refractivity contribution in [3.05, 3.63) is 120 Å². The molecule has 4 aromatic carbocycles. The van der Waals surface area contributed by atoms with E-state index in [-0.39, 0.29) is 24.2 Å². The number of nitrogens with one attached hydrogen (secondary N) is 1. The Kier molecular flexibility index (Phi) is 8.10. The first-order chi connectivity index (χ1) is 19.7. The van der Waals surface area contributed by atoms with E-state index in [1.165, 1.54) is 0 Å². The van der Waals surface area contributed by atoms with E-state index in [9.17, 15) is 14.7 Å². The van der Waals surface area contributed by atoms with Gasteiger partial charge in [0.15, 0.2) is 6.04 Å². The SMILES string of the molecule is CC(C)(C)[Si](OCC(NC(=O)OCC1c2ccccc2-c2ccccc21)C(=O)O)(c1ccccc1)c1ccccc1. The fourth-order valence-electron chi connectivity index (χ4n) is 5.93. The van der Waals surface area contributed by atoms with E-state index >= 15 is 0 Å². The van der Waals surface area contributed by atoms with Crippen LogP contribution in [0, 0.1) is 0 Å². The van der Waals surface area contributed by atoms with E-state index < -0.39 is 26.4 Å². The molecule has 6 nitrogen and oxygen atoms in total. The second kappa shape index (κ2) is 11.7. The molecule has 4 aromatic rings. The van der Waals surface area contributed by atoms with Crippen LogP contribution in [-0.4, -0.2) is 44.7 Å². The average molecular weight is 566 g/mol. The molecular formula is C34H35NO5Si. The summed E-state index contributed by atoms with van der Waals surface area (Å²) in [4.78, 5) is 25.3. The summed E-state index contributed by atoms with van der Waals surface area (Å²) in [6.07, 6.45) is -0.787. The van der Waals surface area contributed by atoms with Gasteiger partial charge in [0.05, 0.1) is 6.61 Å². The standard InChI is InChI=1S/C34H35NO5Si/c1-34(2,3)41(24-14-6-4-7-15-24,25-16-8-5-9-17-25)40-23-31(32(36)37)35-33(38)39-22-30-28-20-12-10-18-26(28)27-19-11-13-21-29(27)30/h4-21,30-31H,22-23H2,1-3H3,(H,35,38)(H,36,37). The molecule has 0 aliphatic heterocycles. The third kappa shape index (κ3) is 5.55. The van der Waals surface area contributed by atoms with E-state index in [0.717, 1.165) is 32.6 Å². The van der Waals surface area contributed by atoms with E-state index in [2.05, 4.69) is 38.2 Å². The predicted molar refractivity (Wildman–Crippen MR) is 163 cm³/mol. The lowest BCUT2D eigenvalue weighted by Gasteiger charge is -2.43. The highest BCUT2D eigenvalue weighted by atomic mass is 28.4. The highest BCUT2D eigenvalue weighted by Gasteiger charge is 2.50. The fourth-order valence-corrected chi connectivity index (χ4v) is 10.5.